The van der Waals surface area contributed by atoms with Crippen LogP contribution in [0.4, 0.5) is 0 Å². The standard InChI is InChI=1S/C32H45N2OSi2.C13H24O2.Ir/c1-21(2)17-37(18-22(3)4,19-23(5)6)32-24(7)29-31(35-32)30(34-20-33-29)26-15-25-13-11-12-14-27(25)28(16-26)36(8,9)10;1-5-10(6-2)12(14)9-13(15)11(7-3)8-4;/h11-14,16,20-23H,17-19H2,1-10H3;9-11,14H,5-8H2,1-4H3;/q-1;;/b;12-9-;/i20D;;. The van der Waals surface area contributed by atoms with E-state index in [1.165, 1.54) is 40.2 Å². The van der Waals surface area contributed by atoms with E-state index in [0.717, 1.165) is 53.3 Å². The maximum absolute atomic E-state index is 11.7. The summed E-state index contributed by atoms with van der Waals surface area (Å²) in [6.45, 7) is 31.4. The molecular weight excluding hydrogens is 865 g/mol. The number of allylic oxidation sites excluding steroid dienone is 2. The second kappa shape index (κ2) is 20.5. The van der Waals surface area contributed by atoms with Gasteiger partial charge < -0.3 is 9.52 Å². The summed E-state index contributed by atoms with van der Waals surface area (Å²) in [5, 5.41) is 14.7. The molecule has 4 aromatic rings. The molecule has 4 rings (SSSR count). The first kappa shape index (κ1) is 45.0. The van der Waals surface area contributed by atoms with E-state index in [9.17, 15) is 9.90 Å². The Kier molecular flexibility index (Phi) is 17.4. The molecule has 0 spiro atoms. The molecule has 0 aliphatic rings. The number of rotatable bonds is 16. The molecule has 53 heavy (non-hydrogen) atoms. The van der Waals surface area contributed by atoms with Crippen LogP contribution < -0.4 is 10.6 Å². The Bertz CT molecular complexity index is 1830. The van der Waals surface area contributed by atoms with Gasteiger partial charge in [0.05, 0.1) is 24.9 Å². The van der Waals surface area contributed by atoms with E-state index in [2.05, 4.69) is 114 Å². The van der Waals surface area contributed by atoms with E-state index in [-0.39, 0.29) is 49.8 Å². The minimum atomic E-state index is -2.01. The van der Waals surface area contributed by atoms with Crippen molar-refractivity contribution >= 4 is 54.4 Å². The zero-order valence-electron chi connectivity index (χ0n) is 36.3. The van der Waals surface area contributed by atoms with Crippen LogP contribution in [0, 0.1) is 42.6 Å². The maximum atomic E-state index is 11.7. The van der Waals surface area contributed by atoms with Gasteiger partial charge in [-0.05, 0) is 68.5 Å². The Hall–Kier alpha value is -2.39. The summed E-state index contributed by atoms with van der Waals surface area (Å²) in [6, 6.07) is 18.0. The molecular formula is C45H69IrN2O3Si2-. The van der Waals surface area contributed by atoms with E-state index >= 15 is 0 Å². The molecule has 2 aromatic carbocycles. The predicted molar refractivity (Wildman–Crippen MR) is 229 cm³/mol. The molecule has 0 bridgehead atoms. The van der Waals surface area contributed by atoms with Crippen molar-refractivity contribution in [2.24, 2.45) is 29.6 Å². The number of ketones is 1. The number of carbonyl (C=O) groups is 1. The summed E-state index contributed by atoms with van der Waals surface area (Å²) in [6.07, 6.45) is 4.95. The third-order valence-corrected chi connectivity index (χ3v) is 18.7. The van der Waals surface area contributed by atoms with Crippen LogP contribution in [0.1, 0.15) is 102 Å². The Morgan fingerprint density at radius 1 is 0.887 bits per heavy atom. The molecule has 295 valence electrons. The minimum Gasteiger partial charge on any atom is -0.512 e. The number of nitrogens with zero attached hydrogens (tertiary/aromatic N) is 2. The SMILES string of the molecule is CCC(CC)C(=O)/C=C(\O)C(CC)CC.[2H]c1nc(-c2[c-]c3ccccc3c([Si](C)(C)C)c2)c2oc([Si](CC(C)C)(CC(C)C)CC(C)C)c(C)c2n1.[Ir]. The van der Waals surface area contributed by atoms with Gasteiger partial charge in [-0.1, -0.05) is 118 Å². The van der Waals surface area contributed by atoms with E-state index in [1.807, 2.05) is 27.7 Å². The summed E-state index contributed by atoms with van der Waals surface area (Å²) in [5.74, 6) is 2.33. The second-order valence-corrected chi connectivity index (χ2v) is 26.6. The van der Waals surface area contributed by atoms with Crippen molar-refractivity contribution < 1.29 is 35.8 Å². The summed E-state index contributed by atoms with van der Waals surface area (Å²) in [4.78, 5) is 21.0. The Labute approximate surface area is 339 Å². The Morgan fingerprint density at radius 2 is 1.42 bits per heavy atom. The molecule has 1 radical (unpaired) electrons. The van der Waals surface area contributed by atoms with E-state index in [0.29, 0.717) is 23.4 Å². The largest absolute Gasteiger partial charge is 0.512 e. The molecule has 8 heteroatoms. The molecule has 2 aromatic heterocycles. The van der Waals surface area contributed by atoms with Crippen molar-refractivity contribution in [1.29, 1.82) is 0 Å². The van der Waals surface area contributed by atoms with Gasteiger partial charge in [-0.2, -0.15) is 0 Å². The molecule has 2 heterocycles. The number of aromatic nitrogens is 2. The topological polar surface area (TPSA) is 76.2 Å². The van der Waals surface area contributed by atoms with E-state index in [4.69, 9.17) is 5.79 Å². The average Bonchev–Trinajstić information content (AvgIpc) is 3.40. The van der Waals surface area contributed by atoms with Gasteiger partial charge in [0.2, 0.25) is 0 Å². The fourth-order valence-corrected chi connectivity index (χ4v) is 16.9. The number of aliphatic hydroxyl groups excluding tert-OH is 1. The molecule has 5 nitrogen and oxygen atoms in total. The minimum absolute atomic E-state index is 0. The van der Waals surface area contributed by atoms with Gasteiger partial charge in [-0.15, -0.1) is 28.8 Å². The smallest absolute Gasteiger partial charge is 0.162 e. The normalized spacial score (nSPS) is 13.0. The quantitative estimate of drug-likeness (QED) is 0.0524. The average molecular weight is 935 g/mol. The van der Waals surface area contributed by atoms with Crippen LogP contribution in [0.5, 0.6) is 0 Å². The molecule has 0 aliphatic heterocycles. The van der Waals surface area contributed by atoms with Crippen LogP contribution in [0.25, 0.3) is 33.1 Å². The van der Waals surface area contributed by atoms with Crippen molar-refractivity contribution in [3.63, 3.8) is 0 Å². The number of aliphatic hydroxyl groups is 1. The summed E-state index contributed by atoms with van der Waals surface area (Å²) < 4.78 is 15.5. The first-order chi connectivity index (χ1) is 24.8. The third-order valence-electron chi connectivity index (χ3n) is 10.5. The molecule has 0 aliphatic carbocycles. The number of hydrogen-bond acceptors (Lipinski definition) is 5. The maximum Gasteiger partial charge on any atom is 0.162 e. The van der Waals surface area contributed by atoms with E-state index in [1.54, 1.807) is 0 Å². The third kappa shape index (κ3) is 11.8. The monoisotopic (exact) mass is 935 g/mol. The summed E-state index contributed by atoms with van der Waals surface area (Å²) in [7, 11) is -3.68. The number of fused-ring (bicyclic) bond motifs is 2. The fourth-order valence-electron chi connectivity index (χ4n) is 8.29. The van der Waals surface area contributed by atoms with Gasteiger partial charge in [-0.25, -0.2) is 4.98 Å². The first-order valence-electron chi connectivity index (χ1n) is 20.5. The van der Waals surface area contributed by atoms with Gasteiger partial charge in [0.1, 0.15) is 26.8 Å². The zero-order chi connectivity index (χ0) is 39.8. The van der Waals surface area contributed by atoms with E-state index < -0.39 is 16.1 Å². The van der Waals surface area contributed by atoms with Gasteiger partial charge in [-0.3, -0.25) is 9.78 Å². The molecule has 0 unspecified atom stereocenters. The van der Waals surface area contributed by atoms with Crippen LogP contribution in [0.2, 0.25) is 37.8 Å². The first-order valence-corrected chi connectivity index (χ1v) is 26.1. The molecule has 0 saturated heterocycles. The van der Waals surface area contributed by atoms with Crippen LogP contribution in [-0.4, -0.2) is 37.0 Å². The van der Waals surface area contributed by atoms with Crippen LogP contribution in [0.15, 0.2) is 52.9 Å². The van der Waals surface area contributed by atoms with Gasteiger partial charge >= 0.3 is 0 Å². The Balaban J connectivity index is 0.000000536. The molecule has 0 saturated carbocycles. The second-order valence-electron chi connectivity index (χ2n) is 17.4. The molecule has 0 fully saturated rings. The fraction of sp³-hybridized carbons (Fsp3) is 0.578. The number of aryl methyl sites for hydroxylation is 1. The molecule has 1 N–H and O–H groups in total. The summed E-state index contributed by atoms with van der Waals surface area (Å²) >= 11 is 0. The predicted octanol–water partition coefficient (Wildman–Crippen LogP) is 12.2. The number of hydrogen-bond donors (Lipinski definition) is 1. The molecule has 0 atom stereocenters. The molecule has 0 amide bonds. The van der Waals surface area contributed by atoms with Gasteiger partial charge in [0.15, 0.2) is 5.78 Å². The number of benzene rings is 2. The number of furan rings is 1. The van der Waals surface area contributed by atoms with Gasteiger partial charge in [0, 0.05) is 43.6 Å². The van der Waals surface area contributed by atoms with Crippen LogP contribution in [-0.2, 0) is 24.9 Å². The van der Waals surface area contributed by atoms with Crippen molar-refractivity contribution in [3.05, 3.63) is 60.1 Å². The van der Waals surface area contributed by atoms with Crippen LogP contribution >= 0.6 is 0 Å². The number of carbonyl (C=O) groups excluding carboxylic acids is 1. The van der Waals surface area contributed by atoms with Crippen molar-refractivity contribution in [2.75, 3.05) is 0 Å². The summed E-state index contributed by atoms with van der Waals surface area (Å²) in [5.41, 5.74) is 4.28. The van der Waals surface area contributed by atoms with Crippen molar-refractivity contribution in [1.82, 2.24) is 9.97 Å². The van der Waals surface area contributed by atoms with Crippen molar-refractivity contribution in [2.45, 2.75) is 140 Å². The van der Waals surface area contributed by atoms with Gasteiger partial charge in [0.25, 0.3) is 0 Å². The zero-order valence-corrected chi connectivity index (χ0v) is 39.7. The van der Waals surface area contributed by atoms with Crippen molar-refractivity contribution in [3.8, 4) is 11.3 Å². The Morgan fingerprint density at radius 3 is 1.91 bits per heavy atom. The van der Waals surface area contributed by atoms with Crippen LogP contribution in [0.3, 0.4) is 0 Å².